The van der Waals surface area contributed by atoms with Crippen molar-refractivity contribution in [1.82, 2.24) is 25.1 Å². The Labute approximate surface area is 181 Å². The number of hydrogen-bond acceptors (Lipinski definition) is 6. The van der Waals surface area contributed by atoms with Gasteiger partial charge in [0, 0.05) is 18.6 Å². The van der Waals surface area contributed by atoms with E-state index in [1.165, 1.54) is 16.7 Å². The summed E-state index contributed by atoms with van der Waals surface area (Å²) in [5, 5.41) is 4.34. The molecule has 3 amide bonds. The van der Waals surface area contributed by atoms with Gasteiger partial charge in [-0.1, -0.05) is 35.9 Å². The number of imide groups is 1. The number of halogens is 1. The highest BCUT2D eigenvalue weighted by Crippen LogP contribution is 2.33. The fourth-order valence-electron chi connectivity index (χ4n) is 3.60. The number of urea groups is 1. The summed E-state index contributed by atoms with van der Waals surface area (Å²) in [7, 11) is 1.64. The second kappa shape index (κ2) is 7.33. The predicted octanol–water partition coefficient (Wildman–Crippen LogP) is 3.06. The Hall–Kier alpha value is -3.04. The lowest BCUT2D eigenvalue weighted by Crippen LogP contribution is -2.63. The van der Waals surface area contributed by atoms with Crippen molar-refractivity contribution in [3.8, 4) is 0 Å². The van der Waals surface area contributed by atoms with E-state index < -0.39 is 18.2 Å². The Balaban J connectivity index is 1.50. The molecular formula is C20H17ClN6O2S. The molecule has 0 saturated carbocycles. The maximum absolute atomic E-state index is 12.7. The minimum atomic E-state index is -0.616. The summed E-state index contributed by atoms with van der Waals surface area (Å²) in [6, 6.07) is 14.1. The van der Waals surface area contributed by atoms with Crippen LogP contribution in [0, 0.1) is 0 Å². The lowest BCUT2D eigenvalue weighted by molar-refractivity contribution is -0.127. The number of aromatic amines is 1. The number of aliphatic imine (C=N–C) groups is 1. The highest BCUT2D eigenvalue weighted by atomic mass is 35.5. The van der Waals surface area contributed by atoms with Crippen LogP contribution in [0.3, 0.4) is 0 Å². The van der Waals surface area contributed by atoms with Crippen molar-refractivity contribution in [3.05, 3.63) is 59.1 Å². The number of thioether (sulfide) groups is 1. The third kappa shape index (κ3) is 3.29. The fraction of sp³-hybridized carbons (Fsp3) is 0.200. The number of fused-ring (bicyclic) bond motifs is 2. The first-order chi connectivity index (χ1) is 14.5. The number of H-pyrrole nitrogens is 1. The van der Waals surface area contributed by atoms with E-state index >= 15 is 0 Å². The largest absolute Gasteiger partial charge is 0.333 e. The van der Waals surface area contributed by atoms with Crippen LogP contribution in [0.1, 0.15) is 5.56 Å². The highest BCUT2D eigenvalue weighted by molar-refractivity contribution is 8.13. The number of nitrogens with zero attached hydrogens (tertiary/aromatic N) is 4. The Morgan fingerprint density at radius 3 is 2.67 bits per heavy atom. The van der Waals surface area contributed by atoms with Gasteiger partial charge in [-0.2, -0.15) is 0 Å². The molecule has 2 aromatic carbocycles. The Bertz CT molecular complexity index is 1140. The van der Waals surface area contributed by atoms with Gasteiger partial charge in [0.1, 0.15) is 0 Å². The van der Waals surface area contributed by atoms with Crippen LogP contribution in [-0.2, 0) is 11.3 Å². The molecule has 10 heteroatoms. The number of amides is 3. The molecule has 2 atom stereocenters. The molecule has 1 fully saturated rings. The topological polar surface area (TPSA) is 93.7 Å². The number of likely N-dealkylation sites (N-methyl/N-ethyl adjacent to an activating group) is 1. The van der Waals surface area contributed by atoms with Gasteiger partial charge in [-0.15, -0.1) is 0 Å². The van der Waals surface area contributed by atoms with E-state index in [2.05, 4.69) is 15.3 Å². The second-order valence-electron chi connectivity index (χ2n) is 7.09. The molecule has 3 heterocycles. The maximum atomic E-state index is 12.7. The molecule has 2 N–H and O–H groups in total. The molecule has 8 nitrogen and oxygen atoms in total. The Morgan fingerprint density at radius 2 is 1.90 bits per heavy atom. The van der Waals surface area contributed by atoms with Crippen LogP contribution in [0.25, 0.3) is 11.0 Å². The van der Waals surface area contributed by atoms with Crippen LogP contribution in [0.5, 0.6) is 0 Å². The third-order valence-electron chi connectivity index (χ3n) is 5.14. The average molecular weight is 441 g/mol. The molecule has 2 aliphatic rings. The standard InChI is InChI=1S/C20H17ClN6O2S/c1-26-16-15(17(28)25-19(26)29)27(10-11-6-8-12(21)9-7-11)20(24-16)30-18-22-13-4-2-3-5-14(13)23-18/h2-9,15-16H,10H2,1H3,(H,22,23)(H,25,28,29). The van der Waals surface area contributed by atoms with Crippen molar-refractivity contribution in [3.63, 3.8) is 0 Å². The number of nitrogens with one attached hydrogen (secondary N) is 2. The number of hydrogen-bond donors (Lipinski definition) is 2. The summed E-state index contributed by atoms with van der Waals surface area (Å²) >= 11 is 7.35. The van der Waals surface area contributed by atoms with Crippen molar-refractivity contribution in [2.75, 3.05) is 7.05 Å². The molecule has 2 aliphatic heterocycles. The highest BCUT2D eigenvalue weighted by Gasteiger charge is 2.48. The fourth-order valence-corrected chi connectivity index (χ4v) is 4.66. The van der Waals surface area contributed by atoms with Gasteiger partial charge in [-0.3, -0.25) is 10.1 Å². The van der Waals surface area contributed by atoms with E-state index in [0.29, 0.717) is 21.9 Å². The Kier molecular flexibility index (Phi) is 4.63. The monoisotopic (exact) mass is 440 g/mol. The SMILES string of the molecule is CN1C(=O)NC(=O)C2C1N=C(Sc1nc3ccccc3[nH]1)N2Cc1ccc(Cl)cc1. The molecule has 0 bridgehead atoms. The summed E-state index contributed by atoms with van der Waals surface area (Å²) in [5.41, 5.74) is 2.75. The minimum absolute atomic E-state index is 0.360. The van der Waals surface area contributed by atoms with Crippen molar-refractivity contribution >= 4 is 51.5 Å². The summed E-state index contributed by atoms with van der Waals surface area (Å²) in [5.74, 6) is -0.360. The molecular weight excluding hydrogens is 424 g/mol. The van der Waals surface area contributed by atoms with E-state index in [-0.39, 0.29) is 5.91 Å². The van der Waals surface area contributed by atoms with Gasteiger partial charge in [0.25, 0.3) is 5.91 Å². The van der Waals surface area contributed by atoms with Gasteiger partial charge >= 0.3 is 6.03 Å². The first-order valence-corrected chi connectivity index (χ1v) is 10.5. The van der Waals surface area contributed by atoms with Gasteiger partial charge in [0.2, 0.25) is 0 Å². The van der Waals surface area contributed by atoms with Gasteiger partial charge in [-0.25, -0.2) is 14.8 Å². The molecule has 5 rings (SSSR count). The van der Waals surface area contributed by atoms with Crippen molar-refractivity contribution in [2.24, 2.45) is 4.99 Å². The average Bonchev–Trinajstić information content (AvgIpc) is 3.29. The van der Waals surface area contributed by atoms with Crippen molar-refractivity contribution in [2.45, 2.75) is 23.9 Å². The molecule has 152 valence electrons. The third-order valence-corrected chi connectivity index (χ3v) is 6.31. The zero-order chi connectivity index (χ0) is 20.8. The number of imidazole rings is 1. The quantitative estimate of drug-likeness (QED) is 0.652. The smallest absolute Gasteiger partial charge is 0.325 e. The van der Waals surface area contributed by atoms with Gasteiger partial charge in [0.15, 0.2) is 22.5 Å². The lowest BCUT2D eigenvalue weighted by Gasteiger charge is -2.36. The van der Waals surface area contributed by atoms with Gasteiger partial charge in [-0.05, 0) is 41.6 Å². The van der Waals surface area contributed by atoms with Gasteiger partial charge < -0.3 is 14.8 Å². The molecule has 30 heavy (non-hydrogen) atoms. The summed E-state index contributed by atoms with van der Waals surface area (Å²) < 4.78 is 0. The van der Waals surface area contributed by atoms with Crippen LogP contribution in [-0.4, -0.2) is 56.1 Å². The van der Waals surface area contributed by atoms with Crippen LogP contribution in [0.4, 0.5) is 4.79 Å². The van der Waals surface area contributed by atoms with E-state index in [9.17, 15) is 9.59 Å². The van der Waals surface area contributed by atoms with Gasteiger partial charge in [0.05, 0.1) is 11.0 Å². The van der Waals surface area contributed by atoms with Crippen LogP contribution in [0.15, 0.2) is 58.7 Å². The summed E-state index contributed by atoms with van der Waals surface area (Å²) in [4.78, 5) is 40.7. The molecule has 0 spiro atoms. The van der Waals surface area contributed by atoms with Crippen molar-refractivity contribution < 1.29 is 9.59 Å². The Morgan fingerprint density at radius 1 is 1.13 bits per heavy atom. The number of para-hydroxylation sites is 2. The van der Waals surface area contributed by atoms with Crippen LogP contribution >= 0.6 is 23.4 Å². The van der Waals surface area contributed by atoms with Crippen LogP contribution in [0.2, 0.25) is 5.02 Å². The second-order valence-corrected chi connectivity index (χ2v) is 8.48. The lowest BCUT2D eigenvalue weighted by atomic mass is 10.1. The van der Waals surface area contributed by atoms with E-state index in [4.69, 9.17) is 16.6 Å². The number of carbonyl (C=O) groups excluding carboxylic acids is 2. The molecule has 2 unspecified atom stereocenters. The molecule has 1 saturated heterocycles. The molecule has 0 radical (unpaired) electrons. The first-order valence-electron chi connectivity index (χ1n) is 9.29. The molecule has 3 aromatic rings. The van der Waals surface area contributed by atoms with E-state index in [1.54, 1.807) is 7.05 Å². The number of rotatable bonds is 3. The predicted molar refractivity (Wildman–Crippen MR) is 115 cm³/mol. The summed E-state index contributed by atoms with van der Waals surface area (Å²) in [6.07, 6.45) is -0.592. The zero-order valence-electron chi connectivity index (χ0n) is 15.9. The van der Waals surface area contributed by atoms with Crippen molar-refractivity contribution in [1.29, 1.82) is 0 Å². The normalized spacial score (nSPS) is 21.1. The zero-order valence-corrected chi connectivity index (χ0v) is 17.4. The number of amidine groups is 1. The molecule has 0 aliphatic carbocycles. The number of carbonyl (C=O) groups is 2. The maximum Gasteiger partial charge on any atom is 0.325 e. The number of aromatic nitrogens is 2. The molecule has 1 aromatic heterocycles. The van der Waals surface area contributed by atoms with E-state index in [1.807, 2.05) is 53.4 Å². The number of benzene rings is 2. The van der Waals surface area contributed by atoms with Crippen LogP contribution < -0.4 is 5.32 Å². The summed E-state index contributed by atoms with van der Waals surface area (Å²) in [6.45, 7) is 0.444. The van der Waals surface area contributed by atoms with E-state index in [0.717, 1.165) is 16.6 Å². The first kappa shape index (κ1) is 19.0. The minimum Gasteiger partial charge on any atom is -0.333 e.